The van der Waals surface area contributed by atoms with Crippen LogP contribution in [0, 0.1) is 5.41 Å². The molecule has 2 aliphatic rings. The fourth-order valence-corrected chi connectivity index (χ4v) is 4.12. The number of aliphatic hydroxyl groups is 1. The van der Waals surface area contributed by atoms with E-state index in [0.29, 0.717) is 0 Å². The lowest BCUT2D eigenvalue weighted by molar-refractivity contribution is -0.100. The predicted octanol–water partition coefficient (Wildman–Crippen LogP) is 2.82. The van der Waals surface area contributed by atoms with Crippen LogP contribution in [0.15, 0.2) is 30.5 Å². The summed E-state index contributed by atoms with van der Waals surface area (Å²) in [5, 5.41) is 17.5. The van der Waals surface area contributed by atoms with Crippen LogP contribution in [-0.4, -0.2) is 46.5 Å². The molecule has 2 fully saturated rings. The van der Waals surface area contributed by atoms with Gasteiger partial charge in [-0.1, -0.05) is 12.1 Å². The van der Waals surface area contributed by atoms with E-state index in [4.69, 9.17) is 4.74 Å². The second-order valence-electron chi connectivity index (χ2n) is 7.20. The molecule has 5 nitrogen and oxygen atoms in total. The average Bonchev–Trinajstić information content (AvgIpc) is 3.09. The zero-order valence-corrected chi connectivity index (χ0v) is 14.2. The number of hydrogen-bond donors (Lipinski definition) is 2. The number of likely N-dealkylation sites (tertiary alicyclic amines) is 1. The molecule has 0 radical (unpaired) electrons. The van der Waals surface area contributed by atoms with Crippen LogP contribution in [-0.2, 0) is 6.54 Å². The molecule has 1 aliphatic carbocycles. The molecule has 2 N–H and O–H groups in total. The number of aromatic amines is 1. The first-order valence-electron chi connectivity index (χ1n) is 8.77. The molecule has 1 aliphatic heterocycles. The molecule has 1 spiro atoms. The summed E-state index contributed by atoms with van der Waals surface area (Å²) in [5.74, 6) is 0.854. The first-order valence-corrected chi connectivity index (χ1v) is 8.77. The van der Waals surface area contributed by atoms with Gasteiger partial charge in [-0.05, 0) is 56.3 Å². The Morgan fingerprint density at radius 1 is 1.33 bits per heavy atom. The maximum atomic E-state index is 10.1. The Morgan fingerprint density at radius 3 is 2.83 bits per heavy atom. The number of benzene rings is 1. The SMILES string of the molecule is COc1cccc(-c2[nH]ncc2CN2CCC3(CCC3O)CC2)c1. The van der Waals surface area contributed by atoms with Gasteiger partial charge in [-0.3, -0.25) is 10.00 Å². The summed E-state index contributed by atoms with van der Waals surface area (Å²) in [6.45, 7) is 3.01. The van der Waals surface area contributed by atoms with Crippen molar-refractivity contribution in [2.75, 3.05) is 20.2 Å². The van der Waals surface area contributed by atoms with Crippen LogP contribution in [0.3, 0.4) is 0 Å². The van der Waals surface area contributed by atoms with Crippen LogP contribution in [0.1, 0.15) is 31.2 Å². The van der Waals surface area contributed by atoms with Gasteiger partial charge in [0, 0.05) is 17.7 Å². The normalized spacial score (nSPS) is 23.2. The van der Waals surface area contributed by atoms with E-state index in [1.54, 1.807) is 7.11 Å². The zero-order valence-electron chi connectivity index (χ0n) is 14.2. The molecule has 1 saturated heterocycles. The Morgan fingerprint density at radius 2 is 2.17 bits per heavy atom. The molecule has 24 heavy (non-hydrogen) atoms. The van der Waals surface area contributed by atoms with Gasteiger partial charge in [0.25, 0.3) is 0 Å². The molecular weight excluding hydrogens is 302 g/mol. The summed E-state index contributed by atoms with van der Waals surface area (Å²) in [4.78, 5) is 2.48. The molecule has 2 aromatic rings. The van der Waals surface area contributed by atoms with E-state index < -0.39 is 0 Å². The van der Waals surface area contributed by atoms with Crippen molar-refractivity contribution in [3.63, 3.8) is 0 Å². The smallest absolute Gasteiger partial charge is 0.119 e. The Kier molecular flexibility index (Phi) is 4.06. The molecule has 4 rings (SSSR count). The Hall–Kier alpha value is -1.85. The third kappa shape index (κ3) is 2.72. The number of aliphatic hydroxyl groups excluding tert-OH is 1. The number of ether oxygens (including phenoxy) is 1. The number of nitrogens with zero attached hydrogens (tertiary/aromatic N) is 2. The minimum atomic E-state index is -0.0686. The summed E-state index contributed by atoms with van der Waals surface area (Å²) in [7, 11) is 1.69. The molecule has 0 bridgehead atoms. The molecule has 1 atom stereocenters. The van der Waals surface area contributed by atoms with E-state index in [2.05, 4.69) is 21.2 Å². The van der Waals surface area contributed by atoms with E-state index in [1.165, 1.54) is 12.0 Å². The Labute approximate surface area is 142 Å². The molecule has 1 saturated carbocycles. The lowest BCUT2D eigenvalue weighted by Crippen LogP contribution is -2.51. The zero-order chi connectivity index (χ0) is 16.6. The first-order chi connectivity index (χ1) is 11.7. The highest BCUT2D eigenvalue weighted by molar-refractivity contribution is 5.64. The van der Waals surface area contributed by atoms with E-state index in [1.807, 2.05) is 24.4 Å². The average molecular weight is 327 g/mol. The van der Waals surface area contributed by atoms with Gasteiger partial charge >= 0.3 is 0 Å². The largest absolute Gasteiger partial charge is 0.497 e. The van der Waals surface area contributed by atoms with Crippen LogP contribution in [0.25, 0.3) is 11.3 Å². The fourth-order valence-electron chi connectivity index (χ4n) is 4.12. The molecule has 5 heteroatoms. The molecule has 2 heterocycles. The molecule has 1 aromatic carbocycles. The molecular formula is C19H25N3O2. The predicted molar refractivity (Wildman–Crippen MR) is 92.8 cm³/mol. The van der Waals surface area contributed by atoms with Crippen molar-refractivity contribution >= 4 is 0 Å². The van der Waals surface area contributed by atoms with Crippen LogP contribution in [0.5, 0.6) is 5.75 Å². The summed E-state index contributed by atoms with van der Waals surface area (Å²) < 4.78 is 5.33. The van der Waals surface area contributed by atoms with Gasteiger partial charge in [-0.15, -0.1) is 0 Å². The summed E-state index contributed by atoms with van der Waals surface area (Å²) >= 11 is 0. The van der Waals surface area contributed by atoms with Crippen molar-refractivity contribution in [2.45, 2.75) is 38.3 Å². The number of aromatic nitrogens is 2. The highest BCUT2D eigenvalue weighted by atomic mass is 16.5. The van der Waals surface area contributed by atoms with E-state index >= 15 is 0 Å². The fraction of sp³-hybridized carbons (Fsp3) is 0.526. The van der Waals surface area contributed by atoms with Crippen LogP contribution in [0.4, 0.5) is 0 Å². The maximum absolute atomic E-state index is 10.1. The van der Waals surface area contributed by atoms with Crippen molar-refractivity contribution in [1.29, 1.82) is 0 Å². The monoisotopic (exact) mass is 327 g/mol. The van der Waals surface area contributed by atoms with Gasteiger partial charge in [-0.2, -0.15) is 5.10 Å². The molecule has 128 valence electrons. The maximum Gasteiger partial charge on any atom is 0.119 e. The second-order valence-corrected chi connectivity index (χ2v) is 7.20. The summed E-state index contributed by atoms with van der Waals surface area (Å²) in [5.41, 5.74) is 3.61. The van der Waals surface area contributed by atoms with Gasteiger partial charge in [0.1, 0.15) is 5.75 Å². The Bertz CT molecular complexity index is 704. The third-order valence-corrected chi connectivity index (χ3v) is 5.94. The highest BCUT2D eigenvalue weighted by Gasteiger charge is 2.47. The molecule has 0 amide bonds. The minimum absolute atomic E-state index is 0.0686. The Balaban J connectivity index is 1.46. The summed E-state index contributed by atoms with van der Waals surface area (Å²) in [6, 6.07) is 8.07. The van der Waals surface area contributed by atoms with Crippen molar-refractivity contribution in [2.24, 2.45) is 5.41 Å². The van der Waals surface area contributed by atoms with Crippen molar-refractivity contribution < 1.29 is 9.84 Å². The van der Waals surface area contributed by atoms with Gasteiger partial charge in [0.15, 0.2) is 0 Å². The first kappa shape index (κ1) is 15.7. The number of piperidine rings is 1. The lowest BCUT2D eigenvalue weighted by atomic mass is 9.61. The van der Waals surface area contributed by atoms with Crippen LogP contribution >= 0.6 is 0 Å². The van der Waals surface area contributed by atoms with E-state index in [-0.39, 0.29) is 11.5 Å². The van der Waals surface area contributed by atoms with Gasteiger partial charge in [0.05, 0.1) is 25.1 Å². The highest BCUT2D eigenvalue weighted by Crippen LogP contribution is 2.49. The van der Waals surface area contributed by atoms with Crippen molar-refractivity contribution in [1.82, 2.24) is 15.1 Å². The van der Waals surface area contributed by atoms with Gasteiger partial charge < -0.3 is 9.84 Å². The topological polar surface area (TPSA) is 61.4 Å². The number of rotatable bonds is 4. The standard InChI is InChI=1S/C19H25N3O2/c1-24-16-4-2-3-14(11-16)18-15(12-20-21-18)13-22-9-7-19(8-10-22)6-5-17(19)23/h2-4,11-12,17,23H,5-10,13H2,1H3,(H,20,21). The van der Waals surface area contributed by atoms with E-state index in [9.17, 15) is 5.11 Å². The number of hydrogen-bond acceptors (Lipinski definition) is 4. The molecule has 1 aromatic heterocycles. The third-order valence-electron chi connectivity index (χ3n) is 5.94. The van der Waals surface area contributed by atoms with Crippen LogP contribution < -0.4 is 4.74 Å². The molecule has 1 unspecified atom stereocenters. The van der Waals surface area contributed by atoms with Gasteiger partial charge in [-0.25, -0.2) is 0 Å². The number of H-pyrrole nitrogens is 1. The quantitative estimate of drug-likeness (QED) is 0.906. The number of nitrogens with one attached hydrogen (secondary N) is 1. The van der Waals surface area contributed by atoms with E-state index in [0.717, 1.165) is 55.9 Å². The second kappa shape index (κ2) is 6.22. The van der Waals surface area contributed by atoms with Crippen molar-refractivity contribution in [3.8, 4) is 17.0 Å². The lowest BCUT2D eigenvalue weighted by Gasteiger charge is -2.51. The van der Waals surface area contributed by atoms with Gasteiger partial charge in [0.2, 0.25) is 0 Å². The number of methoxy groups -OCH3 is 1. The van der Waals surface area contributed by atoms with Crippen molar-refractivity contribution in [3.05, 3.63) is 36.0 Å². The summed E-state index contributed by atoms with van der Waals surface area (Å²) in [6.07, 6.45) is 6.27. The van der Waals surface area contributed by atoms with Crippen LogP contribution in [0.2, 0.25) is 0 Å². The minimum Gasteiger partial charge on any atom is -0.497 e.